The summed E-state index contributed by atoms with van der Waals surface area (Å²) < 4.78 is 0. The molecule has 0 atom stereocenters. The van der Waals surface area contributed by atoms with Crippen LogP contribution in [0.3, 0.4) is 0 Å². The summed E-state index contributed by atoms with van der Waals surface area (Å²) in [6.07, 6.45) is 0. The normalized spacial score (nSPS) is 10.7. The largest absolute Gasteiger partial charge is 0.166 e. The van der Waals surface area contributed by atoms with Crippen LogP contribution in [0.4, 0.5) is 0 Å². The van der Waals surface area contributed by atoms with E-state index in [0.717, 1.165) is 4.90 Å². The number of hydrogen-bond donors (Lipinski definition) is 1. The minimum Gasteiger partial charge on any atom is -0.143 e. The minimum atomic E-state index is -0.0569. The first-order valence-electron chi connectivity index (χ1n) is 6.48. The maximum atomic E-state index is 4.38. The van der Waals surface area contributed by atoms with Gasteiger partial charge in [-0.25, -0.2) is 0 Å². The van der Waals surface area contributed by atoms with Crippen LogP contribution in [0.5, 0.6) is 0 Å². The molecule has 0 spiro atoms. The molecule has 3 aromatic carbocycles. The molecule has 20 heavy (non-hydrogen) atoms. The first-order valence-corrected chi connectivity index (χ1v) is 8.15. The van der Waals surface area contributed by atoms with Crippen molar-refractivity contribution >= 4 is 23.5 Å². The van der Waals surface area contributed by atoms with Crippen molar-refractivity contribution in [1.82, 2.24) is 0 Å². The van der Waals surface area contributed by atoms with Gasteiger partial charge in [-0.15, -0.1) is 12.6 Å². The number of rotatable bonds is 3. The highest BCUT2D eigenvalue weighted by molar-refractivity contribution is 7.97. The Bertz CT molecular complexity index is 621. The fourth-order valence-electron chi connectivity index (χ4n) is 2.10. The molecule has 0 nitrogen and oxygen atoms in total. The molecular formula is C18H15S2+. The predicted octanol–water partition coefficient (Wildman–Crippen LogP) is 5.07. The molecule has 0 saturated carbocycles. The molecule has 3 aromatic rings. The highest BCUT2D eigenvalue weighted by Crippen LogP contribution is 2.31. The summed E-state index contributed by atoms with van der Waals surface area (Å²) in [5.74, 6) is 0. The van der Waals surface area contributed by atoms with E-state index in [9.17, 15) is 0 Å². The third kappa shape index (κ3) is 2.92. The van der Waals surface area contributed by atoms with Gasteiger partial charge in [0.2, 0.25) is 0 Å². The third-order valence-electron chi connectivity index (χ3n) is 3.03. The molecule has 98 valence electrons. The minimum absolute atomic E-state index is 0.0569. The molecule has 0 aliphatic carbocycles. The van der Waals surface area contributed by atoms with Crippen LogP contribution < -0.4 is 0 Å². The van der Waals surface area contributed by atoms with Crippen molar-refractivity contribution in [2.45, 2.75) is 19.6 Å². The summed E-state index contributed by atoms with van der Waals surface area (Å²) in [7, 11) is -0.0569. The van der Waals surface area contributed by atoms with E-state index in [2.05, 4.69) is 97.6 Å². The van der Waals surface area contributed by atoms with Crippen LogP contribution in [0.15, 0.2) is 105 Å². The fraction of sp³-hybridized carbons (Fsp3) is 0. The van der Waals surface area contributed by atoms with Gasteiger partial charge >= 0.3 is 0 Å². The molecule has 0 aliphatic rings. The SMILES string of the molecule is Sc1ccc([S+](c2ccccc2)c2ccccc2)cc1. The second-order valence-corrected chi connectivity index (χ2v) is 6.97. The van der Waals surface area contributed by atoms with Crippen molar-refractivity contribution < 1.29 is 0 Å². The highest BCUT2D eigenvalue weighted by Gasteiger charge is 2.27. The third-order valence-corrected chi connectivity index (χ3v) is 5.56. The topological polar surface area (TPSA) is 0 Å². The molecule has 0 unspecified atom stereocenters. The van der Waals surface area contributed by atoms with Gasteiger partial charge in [-0.3, -0.25) is 0 Å². The van der Waals surface area contributed by atoms with Crippen LogP contribution in [0, 0.1) is 0 Å². The predicted molar refractivity (Wildman–Crippen MR) is 88.7 cm³/mol. The summed E-state index contributed by atoms with van der Waals surface area (Å²) >= 11 is 4.38. The van der Waals surface area contributed by atoms with Crippen LogP contribution in [-0.4, -0.2) is 0 Å². The van der Waals surface area contributed by atoms with Crippen LogP contribution in [-0.2, 0) is 10.9 Å². The van der Waals surface area contributed by atoms with E-state index in [1.807, 2.05) is 0 Å². The molecule has 0 saturated heterocycles. The van der Waals surface area contributed by atoms with Gasteiger partial charge < -0.3 is 0 Å². The molecule has 2 heteroatoms. The van der Waals surface area contributed by atoms with E-state index >= 15 is 0 Å². The van der Waals surface area contributed by atoms with Gasteiger partial charge in [0.1, 0.15) is 0 Å². The Morgan fingerprint density at radius 3 is 1.35 bits per heavy atom. The zero-order valence-electron chi connectivity index (χ0n) is 10.9. The molecule has 0 aliphatic heterocycles. The summed E-state index contributed by atoms with van der Waals surface area (Å²) in [4.78, 5) is 5.00. The van der Waals surface area contributed by atoms with Crippen LogP contribution >= 0.6 is 12.6 Å². The summed E-state index contributed by atoms with van der Waals surface area (Å²) in [5, 5.41) is 0. The van der Waals surface area contributed by atoms with E-state index in [0.29, 0.717) is 0 Å². The number of thiol groups is 1. The van der Waals surface area contributed by atoms with Crippen molar-refractivity contribution in [3.8, 4) is 0 Å². The zero-order valence-corrected chi connectivity index (χ0v) is 12.6. The molecule has 0 bridgehead atoms. The Labute approximate surface area is 128 Å². The van der Waals surface area contributed by atoms with Crippen molar-refractivity contribution in [1.29, 1.82) is 0 Å². The summed E-state index contributed by atoms with van der Waals surface area (Å²) in [6, 6.07) is 29.8. The zero-order chi connectivity index (χ0) is 13.8. The van der Waals surface area contributed by atoms with Crippen LogP contribution in [0.25, 0.3) is 0 Å². The van der Waals surface area contributed by atoms with Crippen molar-refractivity contribution in [3.63, 3.8) is 0 Å². The standard InChI is InChI=1S/C18H14S2/c19-15-11-13-18(14-12-15)20(16-7-3-1-4-8-16)17-9-5-2-6-10-17/h1-14H/p+1. The first kappa shape index (κ1) is 13.3. The van der Waals surface area contributed by atoms with Crippen molar-refractivity contribution in [2.75, 3.05) is 0 Å². The molecule has 0 heterocycles. The maximum absolute atomic E-state index is 4.38. The van der Waals surface area contributed by atoms with Gasteiger partial charge in [0.05, 0.1) is 10.9 Å². The lowest BCUT2D eigenvalue weighted by Crippen LogP contribution is -2.04. The monoisotopic (exact) mass is 295 g/mol. The van der Waals surface area contributed by atoms with Gasteiger partial charge in [-0.05, 0) is 48.5 Å². The van der Waals surface area contributed by atoms with Crippen LogP contribution in [0.2, 0.25) is 0 Å². The number of hydrogen-bond acceptors (Lipinski definition) is 1. The molecule has 3 rings (SSSR count). The lowest BCUT2D eigenvalue weighted by molar-refractivity contribution is 1.29. The van der Waals surface area contributed by atoms with E-state index in [1.54, 1.807) is 0 Å². The van der Waals surface area contributed by atoms with E-state index in [4.69, 9.17) is 0 Å². The average molecular weight is 295 g/mol. The Morgan fingerprint density at radius 2 is 0.900 bits per heavy atom. The lowest BCUT2D eigenvalue weighted by atomic mass is 10.4. The summed E-state index contributed by atoms with van der Waals surface area (Å²) in [6.45, 7) is 0. The van der Waals surface area contributed by atoms with Crippen LogP contribution in [0.1, 0.15) is 0 Å². The van der Waals surface area contributed by atoms with Crippen molar-refractivity contribution in [2.24, 2.45) is 0 Å². The lowest BCUT2D eigenvalue weighted by Gasteiger charge is -2.07. The Kier molecular flexibility index (Phi) is 4.14. The number of benzene rings is 3. The van der Waals surface area contributed by atoms with E-state index in [1.165, 1.54) is 14.7 Å². The first-order chi connectivity index (χ1) is 9.84. The highest BCUT2D eigenvalue weighted by atomic mass is 32.2. The van der Waals surface area contributed by atoms with Gasteiger partial charge in [-0.2, -0.15) is 0 Å². The van der Waals surface area contributed by atoms with Gasteiger partial charge in [0, 0.05) is 4.90 Å². The Balaban J connectivity index is 2.11. The van der Waals surface area contributed by atoms with Gasteiger partial charge in [0.25, 0.3) is 0 Å². The molecule has 0 aromatic heterocycles. The maximum Gasteiger partial charge on any atom is 0.166 e. The quantitative estimate of drug-likeness (QED) is 0.506. The van der Waals surface area contributed by atoms with E-state index < -0.39 is 0 Å². The van der Waals surface area contributed by atoms with Gasteiger partial charge in [-0.1, -0.05) is 36.4 Å². The Morgan fingerprint density at radius 1 is 0.500 bits per heavy atom. The van der Waals surface area contributed by atoms with Gasteiger partial charge in [0.15, 0.2) is 14.7 Å². The summed E-state index contributed by atoms with van der Waals surface area (Å²) in [5.41, 5.74) is 0. The molecular weight excluding hydrogens is 280 g/mol. The molecule has 0 radical (unpaired) electrons. The molecule has 0 N–H and O–H groups in total. The smallest absolute Gasteiger partial charge is 0.143 e. The van der Waals surface area contributed by atoms with E-state index in [-0.39, 0.29) is 10.9 Å². The van der Waals surface area contributed by atoms with Crippen molar-refractivity contribution in [3.05, 3.63) is 84.9 Å². The second kappa shape index (κ2) is 6.21. The molecule has 0 fully saturated rings. The second-order valence-electron chi connectivity index (χ2n) is 4.43. The fourth-order valence-corrected chi connectivity index (χ4v) is 4.34. The molecule has 0 amide bonds. The Hall–Kier alpha value is -1.64. The average Bonchev–Trinajstić information content (AvgIpc) is 2.52.